The zero-order valence-electron chi connectivity index (χ0n) is 19.4. The van der Waals surface area contributed by atoms with Gasteiger partial charge in [-0.3, -0.25) is 9.78 Å². The average Bonchev–Trinajstić information content (AvgIpc) is 3.20. The standard InChI is InChI=1S/C27H26FN3O3/c1-17-6-11-20(15-21(17)28)27(12-14-33-22-5-4-13-29-23(22)27)30-24(32)18-7-9-19(10-8-18)25-31-26(2,3)16-34-25/h4-11,13,15H,12,14,16H2,1-3H3,(H,30,32)/t27-/m0/s1. The van der Waals surface area contributed by atoms with Crippen LogP contribution in [-0.4, -0.2) is 35.5 Å². The number of aliphatic imine (C=N–C) groups is 1. The number of amides is 1. The summed E-state index contributed by atoms with van der Waals surface area (Å²) >= 11 is 0. The Balaban J connectivity index is 1.50. The molecule has 1 N–H and O–H groups in total. The van der Waals surface area contributed by atoms with Gasteiger partial charge in [0.1, 0.15) is 29.4 Å². The number of hydrogen-bond donors (Lipinski definition) is 1. The first kappa shape index (κ1) is 22.1. The van der Waals surface area contributed by atoms with E-state index in [9.17, 15) is 9.18 Å². The summed E-state index contributed by atoms with van der Waals surface area (Å²) in [5.74, 6) is 0.524. The molecule has 0 radical (unpaired) electrons. The van der Waals surface area contributed by atoms with Crippen LogP contribution in [0.4, 0.5) is 4.39 Å². The monoisotopic (exact) mass is 459 g/mol. The third-order valence-electron chi connectivity index (χ3n) is 6.26. The summed E-state index contributed by atoms with van der Waals surface area (Å²) in [5, 5.41) is 3.16. The lowest BCUT2D eigenvalue weighted by atomic mass is 9.80. The molecule has 0 bridgehead atoms. The van der Waals surface area contributed by atoms with Crippen molar-refractivity contribution in [3.63, 3.8) is 0 Å². The normalized spacial score (nSPS) is 20.5. The Bertz CT molecular complexity index is 1290. The quantitative estimate of drug-likeness (QED) is 0.622. The number of carbonyl (C=O) groups excluding carboxylic acids is 1. The van der Waals surface area contributed by atoms with Crippen molar-refractivity contribution in [2.24, 2.45) is 4.99 Å². The van der Waals surface area contributed by atoms with Gasteiger partial charge in [0.2, 0.25) is 5.90 Å². The third-order valence-corrected chi connectivity index (χ3v) is 6.26. The fourth-order valence-corrected chi connectivity index (χ4v) is 4.36. The van der Waals surface area contributed by atoms with Gasteiger partial charge in [0.05, 0.1) is 12.1 Å². The molecule has 34 heavy (non-hydrogen) atoms. The number of pyridine rings is 1. The van der Waals surface area contributed by atoms with Gasteiger partial charge in [0.15, 0.2) is 0 Å². The second-order valence-electron chi connectivity index (χ2n) is 9.37. The molecule has 0 spiro atoms. The number of aromatic nitrogens is 1. The molecule has 1 amide bonds. The molecular weight excluding hydrogens is 433 g/mol. The molecular formula is C27H26FN3O3. The lowest BCUT2D eigenvalue weighted by molar-refractivity contribution is 0.0883. The molecule has 1 aromatic heterocycles. The highest BCUT2D eigenvalue weighted by Gasteiger charge is 2.43. The Labute approximate surface area is 197 Å². The van der Waals surface area contributed by atoms with E-state index in [4.69, 9.17) is 9.47 Å². The highest BCUT2D eigenvalue weighted by atomic mass is 19.1. The minimum atomic E-state index is -1.03. The molecule has 2 aliphatic rings. The van der Waals surface area contributed by atoms with E-state index in [-0.39, 0.29) is 17.3 Å². The van der Waals surface area contributed by atoms with Gasteiger partial charge >= 0.3 is 0 Å². The van der Waals surface area contributed by atoms with Gasteiger partial charge in [-0.15, -0.1) is 0 Å². The summed E-state index contributed by atoms with van der Waals surface area (Å²) in [6.45, 7) is 6.61. The maximum atomic E-state index is 14.6. The Hall–Kier alpha value is -3.74. The average molecular weight is 460 g/mol. The first-order chi connectivity index (χ1) is 16.3. The number of hydrogen-bond acceptors (Lipinski definition) is 5. The Morgan fingerprint density at radius 3 is 2.59 bits per heavy atom. The number of nitrogens with one attached hydrogen (secondary N) is 1. The van der Waals surface area contributed by atoms with E-state index in [2.05, 4.69) is 15.3 Å². The second-order valence-corrected chi connectivity index (χ2v) is 9.37. The number of nitrogens with zero attached hydrogens (tertiary/aromatic N) is 2. The van der Waals surface area contributed by atoms with E-state index in [0.717, 1.165) is 5.56 Å². The first-order valence-electron chi connectivity index (χ1n) is 11.3. The van der Waals surface area contributed by atoms with Crippen molar-refractivity contribution in [1.82, 2.24) is 10.3 Å². The smallest absolute Gasteiger partial charge is 0.252 e. The van der Waals surface area contributed by atoms with Crippen molar-refractivity contribution in [3.05, 3.63) is 94.6 Å². The Morgan fingerprint density at radius 1 is 1.09 bits per heavy atom. The maximum Gasteiger partial charge on any atom is 0.252 e. The van der Waals surface area contributed by atoms with Crippen molar-refractivity contribution in [3.8, 4) is 5.75 Å². The van der Waals surface area contributed by atoms with E-state index >= 15 is 0 Å². The Morgan fingerprint density at radius 2 is 1.88 bits per heavy atom. The number of fused-ring (bicyclic) bond motifs is 1. The maximum absolute atomic E-state index is 14.6. The van der Waals surface area contributed by atoms with Crippen LogP contribution in [0, 0.1) is 12.7 Å². The van der Waals surface area contributed by atoms with Crippen LogP contribution in [0.2, 0.25) is 0 Å². The number of aryl methyl sites for hydroxylation is 1. The predicted octanol–water partition coefficient (Wildman–Crippen LogP) is 4.54. The molecule has 6 nitrogen and oxygen atoms in total. The zero-order valence-corrected chi connectivity index (χ0v) is 19.4. The Kier molecular flexibility index (Phi) is 5.35. The molecule has 2 aromatic carbocycles. The van der Waals surface area contributed by atoms with Gasteiger partial charge in [-0.05, 0) is 74.4 Å². The van der Waals surface area contributed by atoms with Crippen LogP contribution >= 0.6 is 0 Å². The molecule has 0 saturated heterocycles. The third kappa shape index (κ3) is 3.91. The molecule has 0 saturated carbocycles. The lowest BCUT2D eigenvalue weighted by Gasteiger charge is -2.39. The summed E-state index contributed by atoms with van der Waals surface area (Å²) in [7, 11) is 0. The van der Waals surface area contributed by atoms with Crippen LogP contribution in [0.15, 0.2) is 65.8 Å². The largest absolute Gasteiger partial charge is 0.491 e. The van der Waals surface area contributed by atoms with Gasteiger partial charge in [-0.1, -0.05) is 12.1 Å². The number of ether oxygens (including phenoxy) is 2. The van der Waals surface area contributed by atoms with Crippen molar-refractivity contribution in [2.45, 2.75) is 38.3 Å². The van der Waals surface area contributed by atoms with Crippen LogP contribution in [-0.2, 0) is 10.3 Å². The summed E-state index contributed by atoms with van der Waals surface area (Å²) in [5.41, 5.74) is 1.72. The molecule has 0 unspecified atom stereocenters. The van der Waals surface area contributed by atoms with E-state index in [0.29, 0.717) is 53.7 Å². The molecule has 1 atom stereocenters. The summed E-state index contributed by atoms with van der Waals surface area (Å²) in [6.07, 6.45) is 2.07. The van der Waals surface area contributed by atoms with E-state index in [1.165, 1.54) is 6.07 Å². The fraction of sp³-hybridized carbons (Fsp3) is 0.296. The number of carbonyl (C=O) groups is 1. The predicted molar refractivity (Wildman–Crippen MR) is 127 cm³/mol. The highest BCUT2D eigenvalue weighted by Crippen LogP contribution is 2.41. The summed E-state index contributed by atoms with van der Waals surface area (Å²) < 4.78 is 26.1. The van der Waals surface area contributed by atoms with Crippen LogP contribution < -0.4 is 10.1 Å². The van der Waals surface area contributed by atoms with Crippen LogP contribution in [0.5, 0.6) is 5.75 Å². The summed E-state index contributed by atoms with van der Waals surface area (Å²) in [4.78, 5) is 22.6. The van der Waals surface area contributed by atoms with Crippen molar-refractivity contribution in [1.29, 1.82) is 0 Å². The molecule has 0 fully saturated rings. The molecule has 3 heterocycles. The van der Waals surface area contributed by atoms with Gasteiger partial charge in [0.25, 0.3) is 5.91 Å². The molecule has 7 heteroatoms. The number of rotatable bonds is 4. The second kappa shape index (κ2) is 8.24. The zero-order chi connectivity index (χ0) is 23.9. The SMILES string of the molecule is Cc1ccc([C@@]2(NC(=O)c3ccc(C4=NC(C)(C)CO4)cc3)CCOc3cccnc32)cc1F. The molecule has 174 valence electrons. The minimum absolute atomic E-state index is 0.259. The van der Waals surface area contributed by atoms with Crippen molar-refractivity contribution in [2.75, 3.05) is 13.2 Å². The van der Waals surface area contributed by atoms with Gasteiger partial charge in [-0.2, -0.15) is 0 Å². The first-order valence-corrected chi connectivity index (χ1v) is 11.3. The van der Waals surface area contributed by atoms with E-state index in [1.54, 1.807) is 37.4 Å². The molecule has 2 aliphatic heterocycles. The van der Waals surface area contributed by atoms with Crippen LogP contribution in [0.1, 0.15) is 53.0 Å². The van der Waals surface area contributed by atoms with Crippen molar-refractivity contribution >= 4 is 11.8 Å². The molecule has 3 aromatic rings. The van der Waals surface area contributed by atoms with Crippen molar-refractivity contribution < 1.29 is 18.7 Å². The number of halogens is 1. The van der Waals surface area contributed by atoms with Crippen LogP contribution in [0.25, 0.3) is 0 Å². The minimum Gasteiger partial charge on any atom is -0.491 e. The van der Waals surface area contributed by atoms with E-state index in [1.807, 2.05) is 38.1 Å². The molecule has 0 aliphatic carbocycles. The van der Waals surface area contributed by atoms with E-state index < -0.39 is 5.54 Å². The highest BCUT2D eigenvalue weighted by molar-refractivity contribution is 5.99. The topological polar surface area (TPSA) is 72.8 Å². The summed E-state index contributed by atoms with van der Waals surface area (Å²) in [6, 6.07) is 15.7. The van der Waals surface area contributed by atoms with Gasteiger partial charge in [-0.25, -0.2) is 9.38 Å². The fourth-order valence-electron chi connectivity index (χ4n) is 4.36. The van der Waals surface area contributed by atoms with Crippen LogP contribution in [0.3, 0.4) is 0 Å². The lowest BCUT2D eigenvalue weighted by Crippen LogP contribution is -2.50. The van der Waals surface area contributed by atoms with Gasteiger partial charge < -0.3 is 14.8 Å². The van der Waals surface area contributed by atoms with Gasteiger partial charge in [0, 0.05) is 23.7 Å². The molecule has 5 rings (SSSR count). The number of benzene rings is 2.